The van der Waals surface area contributed by atoms with Gasteiger partial charge in [0.25, 0.3) is 0 Å². The van der Waals surface area contributed by atoms with Crippen LogP contribution in [0.4, 0.5) is 0 Å². The zero-order valence-electron chi connectivity index (χ0n) is 78.4. The number of esters is 6. The number of unbranched alkanes of at least 4 members (excludes halogenated alkanes) is 66. The second-order valence-corrected chi connectivity index (χ2v) is 35.3. The van der Waals surface area contributed by atoms with Gasteiger partial charge < -0.3 is 28.4 Å². The van der Waals surface area contributed by atoms with Crippen molar-refractivity contribution >= 4 is 35.8 Å². The summed E-state index contributed by atoms with van der Waals surface area (Å²) >= 11 is 0. The van der Waals surface area contributed by atoms with Gasteiger partial charge in [-0.25, -0.2) is 14.4 Å². The minimum atomic E-state index is -1.32. The summed E-state index contributed by atoms with van der Waals surface area (Å²) < 4.78 is 36.6. The van der Waals surface area contributed by atoms with Gasteiger partial charge in [-0.3, -0.25) is 14.4 Å². The molecule has 686 valence electrons. The molecule has 0 aliphatic heterocycles. The third-order valence-corrected chi connectivity index (χ3v) is 23.6. The van der Waals surface area contributed by atoms with Crippen LogP contribution in [0.2, 0.25) is 0 Å². The van der Waals surface area contributed by atoms with Crippen molar-refractivity contribution in [3.8, 4) is 0 Å². The molecule has 0 spiro atoms. The van der Waals surface area contributed by atoms with Gasteiger partial charge >= 0.3 is 35.8 Å². The number of hydrogen-bond acceptors (Lipinski definition) is 12. The van der Waals surface area contributed by atoms with Crippen LogP contribution < -0.4 is 0 Å². The molecule has 0 saturated heterocycles. The van der Waals surface area contributed by atoms with Crippen molar-refractivity contribution in [1.82, 2.24) is 0 Å². The SMILES string of the molecule is CCCCCCCCC=CCCCCCCCC(=O)OC(CCCCCCCCCCCCCC)C(=O)OCC(COC(=O)C(CCCCCCCCCCCCCC)OC(=O)CCCCCCCC=CCCCCCCCC)OC(=O)C(CCCCCCCCCCCCCC)OC(=O)CCCCCCCC=CCCCCCCCC. The van der Waals surface area contributed by atoms with Gasteiger partial charge in [0, 0.05) is 19.3 Å². The first kappa shape index (κ1) is 113. The average molecular weight is 1650 g/mol. The number of hydrogen-bond donors (Lipinski definition) is 0. The summed E-state index contributed by atoms with van der Waals surface area (Å²) in [5, 5.41) is 0. The van der Waals surface area contributed by atoms with E-state index in [1.165, 1.54) is 263 Å². The highest BCUT2D eigenvalue weighted by molar-refractivity contribution is 5.81. The first-order valence-corrected chi connectivity index (χ1v) is 51.6. The Kier molecular flexibility index (Phi) is 91.1. The molecule has 0 aliphatic rings. The van der Waals surface area contributed by atoms with Crippen LogP contribution >= 0.6 is 0 Å². The average Bonchev–Trinajstić information content (AvgIpc) is 0.874. The molecule has 0 N–H and O–H groups in total. The van der Waals surface area contributed by atoms with Crippen LogP contribution in [0.15, 0.2) is 36.5 Å². The van der Waals surface area contributed by atoms with Gasteiger partial charge in [0.2, 0.25) is 0 Å². The Morgan fingerprint density at radius 3 is 0.547 bits per heavy atom. The topological polar surface area (TPSA) is 158 Å². The van der Waals surface area contributed by atoms with E-state index >= 15 is 0 Å². The van der Waals surface area contributed by atoms with E-state index in [2.05, 4.69) is 78.0 Å². The van der Waals surface area contributed by atoms with Crippen LogP contribution in [0.25, 0.3) is 0 Å². The molecule has 0 aromatic rings. The van der Waals surface area contributed by atoms with E-state index in [-0.39, 0.29) is 38.5 Å². The lowest BCUT2D eigenvalue weighted by atomic mass is 10.0. The minimum absolute atomic E-state index is 0.173. The minimum Gasteiger partial charge on any atom is -0.459 e. The third-order valence-electron chi connectivity index (χ3n) is 23.6. The highest BCUT2D eigenvalue weighted by Gasteiger charge is 2.32. The molecule has 0 aliphatic carbocycles. The molecule has 0 amide bonds. The molecule has 0 aromatic heterocycles. The Hall–Kier alpha value is -3.96. The molecule has 0 fully saturated rings. The van der Waals surface area contributed by atoms with Gasteiger partial charge in [-0.15, -0.1) is 0 Å². The smallest absolute Gasteiger partial charge is 0.347 e. The zero-order valence-corrected chi connectivity index (χ0v) is 78.4. The van der Waals surface area contributed by atoms with Gasteiger partial charge in [0.1, 0.15) is 13.2 Å². The van der Waals surface area contributed by atoms with Crippen molar-refractivity contribution < 1.29 is 57.2 Å². The summed E-state index contributed by atoms with van der Waals surface area (Å²) in [5.74, 6) is -3.65. The summed E-state index contributed by atoms with van der Waals surface area (Å²) in [6, 6.07) is 0. The van der Waals surface area contributed by atoms with Crippen LogP contribution in [0.1, 0.15) is 562 Å². The molecule has 117 heavy (non-hydrogen) atoms. The first-order chi connectivity index (χ1) is 57.6. The van der Waals surface area contributed by atoms with Crippen molar-refractivity contribution in [1.29, 1.82) is 0 Å². The van der Waals surface area contributed by atoms with Crippen LogP contribution in [0, 0.1) is 0 Å². The molecule has 3 atom stereocenters. The summed E-state index contributed by atoms with van der Waals surface area (Å²) in [6.45, 7) is 12.5. The Labute approximate surface area is 724 Å². The van der Waals surface area contributed by atoms with Crippen LogP contribution in [0.3, 0.4) is 0 Å². The lowest BCUT2D eigenvalue weighted by molar-refractivity contribution is -0.185. The van der Waals surface area contributed by atoms with Crippen molar-refractivity contribution in [2.75, 3.05) is 13.2 Å². The molecule has 0 aromatic carbocycles. The molecule has 0 rings (SSSR count). The summed E-state index contributed by atoms with van der Waals surface area (Å²) in [7, 11) is 0. The van der Waals surface area contributed by atoms with Crippen molar-refractivity contribution in [3.63, 3.8) is 0 Å². The van der Waals surface area contributed by atoms with Gasteiger partial charge in [0.05, 0.1) is 0 Å². The fourth-order valence-corrected chi connectivity index (χ4v) is 15.8. The second-order valence-electron chi connectivity index (χ2n) is 35.3. The molecule has 0 saturated carbocycles. The Morgan fingerprint density at radius 2 is 0.350 bits per heavy atom. The van der Waals surface area contributed by atoms with Gasteiger partial charge in [-0.1, -0.05) is 444 Å². The van der Waals surface area contributed by atoms with Crippen LogP contribution in [-0.4, -0.2) is 73.4 Å². The molecule has 3 unspecified atom stereocenters. The molecule has 0 bridgehead atoms. The quantitative estimate of drug-likeness (QED) is 0.0246. The summed E-state index contributed by atoms with van der Waals surface area (Å²) in [4.78, 5) is 85.2. The maximum absolute atomic E-state index is 14.8. The fourth-order valence-electron chi connectivity index (χ4n) is 15.8. The molecular formula is C105H194O12. The number of carbonyl (C=O) groups excluding carboxylic acids is 6. The molecule has 12 nitrogen and oxygen atoms in total. The molecule has 12 heteroatoms. The predicted molar refractivity (Wildman–Crippen MR) is 497 cm³/mol. The van der Waals surface area contributed by atoms with Crippen molar-refractivity contribution in [2.24, 2.45) is 0 Å². The number of ether oxygens (including phenoxy) is 6. The second kappa shape index (κ2) is 94.3. The van der Waals surface area contributed by atoms with E-state index in [9.17, 15) is 28.8 Å². The number of rotatable bonds is 95. The summed E-state index contributed by atoms with van der Waals surface area (Å²) in [5.41, 5.74) is 0. The summed E-state index contributed by atoms with van der Waals surface area (Å²) in [6.07, 6.45) is 96.2. The highest BCUT2D eigenvalue weighted by Crippen LogP contribution is 2.24. The van der Waals surface area contributed by atoms with E-state index in [4.69, 9.17) is 28.4 Å². The molecule has 0 heterocycles. The third kappa shape index (κ3) is 84.1. The highest BCUT2D eigenvalue weighted by atomic mass is 16.6. The van der Waals surface area contributed by atoms with E-state index < -0.39 is 73.4 Å². The van der Waals surface area contributed by atoms with E-state index in [1.54, 1.807) is 0 Å². The van der Waals surface area contributed by atoms with Crippen LogP contribution in [-0.2, 0) is 57.2 Å². The van der Waals surface area contributed by atoms with Gasteiger partial charge in [-0.05, 0) is 135 Å². The molecule has 0 radical (unpaired) electrons. The van der Waals surface area contributed by atoms with Crippen LogP contribution in [0.5, 0.6) is 0 Å². The Bertz CT molecular complexity index is 2120. The Morgan fingerprint density at radius 1 is 0.188 bits per heavy atom. The van der Waals surface area contributed by atoms with Gasteiger partial charge in [-0.2, -0.15) is 0 Å². The molecular weight excluding hydrogens is 1450 g/mol. The maximum Gasteiger partial charge on any atom is 0.347 e. The zero-order chi connectivity index (χ0) is 84.9. The van der Waals surface area contributed by atoms with E-state index in [1.807, 2.05) is 0 Å². The van der Waals surface area contributed by atoms with E-state index in [0.29, 0.717) is 38.5 Å². The lowest BCUT2D eigenvalue weighted by Gasteiger charge is -2.24. The lowest BCUT2D eigenvalue weighted by Crippen LogP contribution is -2.39. The normalized spacial score (nSPS) is 12.8. The first-order valence-electron chi connectivity index (χ1n) is 51.6. The number of allylic oxidation sites excluding steroid dienone is 6. The largest absolute Gasteiger partial charge is 0.459 e. The number of carbonyl (C=O) groups is 6. The fraction of sp³-hybridized carbons (Fsp3) is 0.886. The van der Waals surface area contributed by atoms with Crippen molar-refractivity contribution in [2.45, 2.75) is 586 Å². The Balaban J connectivity index is 6.83. The standard InChI is InChI=1S/C105H194O12/c1-7-13-19-25-31-37-43-49-52-55-61-67-73-79-85-91-100(106)115-97(88-82-76-70-64-58-46-40-34-28-22-16-10-4)103(109)112-94-96(114-105(111)99(90-84-78-72-66-60-48-42-36-30-24-18-12-6)117-102(108)93-87-81-75-69-63-57-54-51-45-39-33-27-21-15-9-3)95-113-104(110)98(89-83-77-71-65-59-47-41-35-29-23-17-11-5)116-101(107)92-86-80-74-68-62-56-53-50-44-38-32-26-20-14-8-2/h49-54,96-99H,7-48,55-95H2,1-6H3. The van der Waals surface area contributed by atoms with Gasteiger partial charge in [0.15, 0.2) is 24.4 Å². The van der Waals surface area contributed by atoms with Crippen molar-refractivity contribution in [3.05, 3.63) is 36.5 Å². The maximum atomic E-state index is 14.8. The predicted octanol–water partition coefficient (Wildman–Crippen LogP) is 33.1. The van der Waals surface area contributed by atoms with E-state index in [0.717, 1.165) is 180 Å². The monoisotopic (exact) mass is 1650 g/mol.